The molecule has 0 bridgehead atoms. The number of carbonyl (C=O) groups excluding carboxylic acids is 2. The highest BCUT2D eigenvalue weighted by Crippen LogP contribution is 2.45. The van der Waals surface area contributed by atoms with Crippen molar-refractivity contribution in [3.8, 4) is 0 Å². The normalized spacial score (nSPS) is 14.6. The molecule has 0 spiro atoms. The number of ether oxygens (including phenoxy) is 1. The van der Waals surface area contributed by atoms with Gasteiger partial charge in [-0.2, -0.15) is 0 Å². The van der Waals surface area contributed by atoms with Crippen LogP contribution in [0.3, 0.4) is 0 Å². The van der Waals surface area contributed by atoms with Gasteiger partial charge in [-0.05, 0) is 49.1 Å². The molecular formula is C20H19ClN2O5. The van der Waals surface area contributed by atoms with Gasteiger partial charge in [0, 0.05) is 22.8 Å². The summed E-state index contributed by atoms with van der Waals surface area (Å²) in [5, 5.41) is 13.9. The number of anilines is 1. The zero-order chi connectivity index (χ0) is 20.3. The molecule has 3 rings (SSSR count). The Morgan fingerprint density at radius 3 is 2.57 bits per heavy atom. The van der Waals surface area contributed by atoms with E-state index in [1.807, 2.05) is 6.07 Å². The number of nitro benzene ring substituents is 1. The number of carbonyl (C=O) groups is 2. The first kappa shape index (κ1) is 19.8. The van der Waals surface area contributed by atoms with Gasteiger partial charge in [0.25, 0.3) is 11.6 Å². The van der Waals surface area contributed by atoms with Crippen molar-refractivity contribution in [2.45, 2.75) is 31.6 Å². The van der Waals surface area contributed by atoms with Crippen LogP contribution in [0.15, 0.2) is 42.5 Å². The van der Waals surface area contributed by atoms with Crippen LogP contribution in [0.5, 0.6) is 0 Å². The Bertz CT molecular complexity index is 940. The van der Waals surface area contributed by atoms with Crippen molar-refractivity contribution in [3.63, 3.8) is 0 Å². The lowest BCUT2D eigenvalue weighted by molar-refractivity contribution is -0.384. The number of nitro groups is 1. The molecule has 0 radical (unpaired) electrons. The molecule has 7 nitrogen and oxygen atoms in total. The minimum atomic E-state index is -0.756. The molecule has 8 heteroatoms. The zero-order valence-electron chi connectivity index (χ0n) is 15.2. The minimum absolute atomic E-state index is 0.0598. The number of hydrogen-bond donors (Lipinski definition) is 1. The van der Waals surface area contributed by atoms with Gasteiger partial charge in [0.2, 0.25) is 0 Å². The van der Waals surface area contributed by atoms with E-state index in [1.165, 1.54) is 18.2 Å². The Morgan fingerprint density at radius 1 is 1.25 bits per heavy atom. The molecule has 0 aromatic heterocycles. The van der Waals surface area contributed by atoms with Crippen LogP contribution in [0.1, 0.15) is 30.4 Å². The van der Waals surface area contributed by atoms with Crippen LogP contribution in [0.2, 0.25) is 5.02 Å². The summed E-state index contributed by atoms with van der Waals surface area (Å²) >= 11 is 6.04. The third kappa shape index (κ3) is 3.99. The van der Waals surface area contributed by atoms with Gasteiger partial charge in [-0.3, -0.25) is 19.7 Å². The topological polar surface area (TPSA) is 98.5 Å². The fourth-order valence-electron chi connectivity index (χ4n) is 3.28. The lowest BCUT2D eigenvalue weighted by Gasteiger charge is -2.39. The van der Waals surface area contributed by atoms with E-state index < -0.39 is 28.8 Å². The number of esters is 1. The molecule has 0 aliphatic heterocycles. The van der Waals surface area contributed by atoms with E-state index in [0.29, 0.717) is 29.1 Å². The standard InChI is InChI=1S/C20H19ClN2O5/c1-13-10-16(23(26)27)6-7-17(13)22-18(24)12-28-19(25)20(8-3-9-20)14-4-2-5-15(21)11-14/h2,4-7,10-11H,3,8-9,12H2,1H3,(H,22,24). The number of nitrogens with zero attached hydrogens (tertiary/aromatic N) is 1. The molecule has 2 aromatic carbocycles. The van der Waals surface area contributed by atoms with Crippen molar-refractivity contribution in [2.75, 3.05) is 11.9 Å². The lowest BCUT2D eigenvalue weighted by atomic mass is 9.64. The summed E-state index contributed by atoms with van der Waals surface area (Å²) in [6.07, 6.45) is 2.19. The summed E-state index contributed by atoms with van der Waals surface area (Å²) in [5.41, 5.74) is 0.954. The zero-order valence-corrected chi connectivity index (χ0v) is 16.0. The number of nitrogens with one attached hydrogen (secondary N) is 1. The number of benzene rings is 2. The molecule has 1 fully saturated rings. The van der Waals surface area contributed by atoms with E-state index in [2.05, 4.69) is 5.32 Å². The van der Waals surface area contributed by atoms with E-state index in [0.717, 1.165) is 12.0 Å². The molecule has 1 saturated carbocycles. The maximum atomic E-state index is 12.7. The Balaban J connectivity index is 1.63. The minimum Gasteiger partial charge on any atom is -0.455 e. The summed E-state index contributed by atoms with van der Waals surface area (Å²) in [6, 6.07) is 11.2. The van der Waals surface area contributed by atoms with E-state index in [9.17, 15) is 19.7 Å². The monoisotopic (exact) mass is 402 g/mol. The molecule has 0 unspecified atom stereocenters. The van der Waals surface area contributed by atoms with Gasteiger partial charge < -0.3 is 10.1 Å². The largest absolute Gasteiger partial charge is 0.455 e. The van der Waals surface area contributed by atoms with Gasteiger partial charge >= 0.3 is 5.97 Å². The second kappa shape index (κ2) is 7.98. The van der Waals surface area contributed by atoms with Crippen molar-refractivity contribution in [1.29, 1.82) is 0 Å². The van der Waals surface area contributed by atoms with Crippen LogP contribution >= 0.6 is 11.6 Å². The predicted octanol–water partition coefficient (Wildman–Crippen LogP) is 4.16. The lowest BCUT2D eigenvalue weighted by Crippen LogP contribution is -2.44. The average molecular weight is 403 g/mol. The highest BCUT2D eigenvalue weighted by molar-refractivity contribution is 6.30. The smallest absolute Gasteiger partial charge is 0.317 e. The van der Waals surface area contributed by atoms with Crippen LogP contribution in [0, 0.1) is 17.0 Å². The number of aryl methyl sites for hydroxylation is 1. The third-order valence-corrected chi connectivity index (χ3v) is 5.24. The van der Waals surface area contributed by atoms with E-state index >= 15 is 0 Å². The number of amides is 1. The van der Waals surface area contributed by atoms with Gasteiger partial charge in [-0.25, -0.2) is 0 Å². The molecular weight excluding hydrogens is 384 g/mol. The Morgan fingerprint density at radius 2 is 2.00 bits per heavy atom. The van der Waals surface area contributed by atoms with Gasteiger partial charge in [0.05, 0.1) is 10.3 Å². The molecule has 1 amide bonds. The summed E-state index contributed by atoms with van der Waals surface area (Å²) in [4.78, 5) is 35.1. The summed E-state index contributed by atoms with van der Waals surface area (Å²) in [6.45, 7) is 1.22. The number of halogens is 1. The Hall–Kier alpha value is -2.93. The highest BCUT2D eigenvalue weighted by Gasteiger charge is 2.47. The molecule has 2 aromatic rings. The first-order chi connectivity index (χ1) is 13.3. The van der Waals surface area contributed by atoms with E-state index in [-0.39, 0.29) is 5.69 Å². The molecule has 146 valence electrons. The molecule has 0 atom stereocenters. The second-order valence-corrected chi connectivity index (χ2v) is 7.26. The fraction of sp³-hybridized carbons (Fsp3) is 0.300. The summed E-state index contributed by atoms with van der Waals surface area (Å²) in [5.74, 6) is -0.956. The number of non-ortho nitro benzene ring substituents is 1. The Kier molecular flexibility index (Phi) is 5.65. The second-order valence-electron chi connectivity index (χ2n) is 6.83. The Labute approximate surface area is 166 Å². The van der Waals surface area contributed by atoms with Crippen LogP contribution in [-0.4, -0.2) is 23.4 Å². The van der Waals surface area contributed by atoms with Gasteiger partial charge in [0.1, 0.15) is 0 Å². The van der Waals surface area contributed by atoms with Crippen molar-refractivity contribution in [1.82, 2.24) is 0 Å². The highest BCUT2D eigenvalue weighted by atomic mass is 35.5. The molecule has 1 aliphatic carbocycles. The average Bonchev–Trinajstić information content (AvgIpc) is 2.60. The molecule has 1 aliphatic rings. The van der Waals surface area contributed by atoms with E-state index in [4.69, 9.17) is 16.3 Å². The maximum Gasteiger partial charge on any atom is 0.317 e. The quantitative estimate of drug-likeness (QED) is 0.444. The van der Waals surface area contributed by atoms with Crippen molar-refractivity contribution >= 4 is 34.9 Å². The molecule has 1 N–H and O–H groups in total. The first-order valence-corrected chi connectivity index (χ1v) is 9.18. The van der Waals surface area contributed by atoms with Crippen LogP contribution in [0.25, 0.3) is 0 Å². The maximum absolute atomic E-state index is 12.7. The van der Waals surface area contributed by atoms with Crippen LogP contribution in [0.4, 0.5) is 11.4 Å². The summed E-state index contributed by atoms with van der Waals surface area (Å²) in [7, 11) is 0. The third-order valence-electron chi connectivity index (χ3n) is 5.00. The van der Waals surface area contributed by atoms with Gasteiger partial charge in [-0.1, -0.05) is 30.2 Å². The molecule has 28 heavy (non-hydrogen) atoms. The van der Waals surface area contributed by atoms with Crippen molar-refractivity contribution < 1.29 is 19.2 Å². The first-order valence-electron chi connectivity index (χ1n) is 8.80. The van der Waals surface area contributed by atoms with Crippen molar-refractivity contribution in [3.05, 3.63) is 68.7 Å². The number of hydrogen-bond acceptors (Lipinski definition) is 5. The molecule has 0 heterocycles. The van der Waals surface area contributed by atoms with Crippen LogP contribution in [-0.2, 0) is 19.7 Å². The van der Waals surface area contributed by atoms with E-state index in [1.54, 1.807) is 25.1 Å². The summed E-state index contributed by atoms with van der Waals surface area (Å²) < 4.78 is 5.28. The molecule has 0 saturated heterocycles. The SMILES string of the molecule is Cc1cc([N+](=O)[O-])ccc1NC(=O)COC(=O)C1(c2cccc(Cl)c2)CCC1. The van der Waals surface area contributed by atoms with Gasteiger partial charge in [-0.15, -0.1) is 0 Å². The number of rotatable bonds is 6. The van der Waals surface area contributed by atoms with Gasteiger partial charge in [0.15, 0.2) is 6.61 Å². The van der Waals surface area contributed by atoms with Crippen LogP contribution < -0.4 is 5.32 Å². The predicted molar refractivity (Wildman–Crippen MR) is 104 cm³/mol. The van der Waals surface area contributed by atoms with Crippen molar-refractivity contribution in [2.24, 2.45) is 0 Å². The fourth-order valence-corrected chi connectivity index (χ4v) is 3.47.